The van der Waals surface area contributed by atoms with Crippen LogP contribution in [0.15, 0.2) is 28.9 Å². The number of pyridine rings is 1. The van der Waals surface area contributed by atoms with Crippen molar-refractivity contribution in [3.05, 3.63) is 47.2 Å². The van der Waals surface area contributed by atoms with E-state index >= 15 is 0 Å². The Morgan fingerprint density at radius 3 is 2.95 bits per heavy atom. The average molecular weight is 275 g/mol. The Morgan fingerprint density at radius 1 is 1.45 bits per heavy atom. The Labute approximate surface area is 116 Å². The van der Waals surface area contributed by atoms with Crippen LogP contribution in [0.3, 0.4) is 0 Å². The van der Waals surface area contributed by atoms with E-state index in [0.717, 1.165) is 17.8 Å². The fraction of sp³-hybridized carbons (Fsp3) is 0.286. The number of ether oxygens (including phenoxy) is 1. The second-order valence-electron chi connectivity index (χ2n) is 4.29. The highest BCUT2D eigenvalue weighted by atomic mass is 16.5. The molecule has 0 aliphatic rings. The van der Waals surface area contributed by atoms with Crippen LogP contribution in [0.2, 0.25) is 0 Å². The monoisotopic (exact) mass is 275 g/mol. The number of nitrogens with two attached hydrogens (primary N) is 1. The molecule has 0 unspecified atom stereocenters. The molecule has 2 aromatic rings. The summed E-state index contributed by atoms with van der Waals surface area (Å²) < 4.78 is 10.8. The molecule has 0 fully saturated rings. The summed E-state index contributed by atoms with van der Waals surface area (Å²) in [6.45, 7) is 4.17. The molecule has 0 aromatic carbocycles. The van der Waals surface area contributed by atoms with Gasteiger partial charge in [-0.05, 0) is 31.5 Å². The topological polar surface area (TPSA) is 90.4 Å². The summed E-state index contributed by atoms with van der Waals surface area (Å²) in [4.78, 5) is 15.9. The summed E-state index contributed by atoms with van der Waals surface area (Å²) in [5.74, 6) is 5.48. The van der Waals surface area contributed by atoms with E-state index in [1.54, 1.807) is 6.07 Å². The molecule has 2 aromatic heterocycles. The number of rotatable bonds is 5. The Bertz CT molecular complexity index is 607. The summed E-state index contributed by atoms with van der Waals surface area (Å²) in [6, 6.07) is 5.44. The lowest BCUT2D eigenvalue weighted by atomic mass is 10.2. The number of aryl methyl sites for hydroxylation is 2. The second kappa shape index (κ2) is 6.21. The van der Waals surface area contributed by atoms with Crippen LogP contribution in [0.1, 0.15) is 34.4 Å². The lowest BCUT2D eigenvalue weighted by Crippen LogP contribution is -2.30. The molecule has 0 bridgehead atoms. The molecule has 2 rings (SSSR count). The quantitative estimate of drug-likeness (QED) is 0.492. The minimum atomic E-state index is -0.480. The highest BCUT2D eigenvalue weighted by Gasteiger charge is 2.15. The number of aromatic nitrogens is 1. The summed E-state index contributed by atoms with van der Waals surface area (Å²) in [6.07, 6.45) is 2.20. The first kappa shape index (κ1) is 14.1. The van der Waals surface area contributed by atoms with Crippen molar-refractivity contribution in [3.8, 4) is 5.75 Å². The molecule has 3 N–H and O–H groups in total. The molecule has 1 amide bonds. The maximum Gasteiger partial charge on any atom is 0.301 e. The van der Waals surface area contributed by atoms with Crippen molar-refractivity contribution >= 4 is 5.91 Å². The third-order valence-corrected chi connectivity index (χ3v) is 2.87. The van der Waals surface area contributed by atoms with Gasteiger partial charge in [0.2, 0.25) is 0 Å². The van der Waals surface area contributed by atoms with E-state index in [0.29, 0.717) is 11.3 Å². The van der Waals surface area contributed by atoms with Gasteiger partial charge in [0.05, 0.1) is 12.0 Å². The molecular formula is C14H17N3O3. The highest BCUT2D eigenvalue weighted by molar-refractivity contribution is 5.92. The predicted octanol–water partition coefficient (Wildman–Crippen LogP) is 1.73. The number of nitrogens with zero attached hydrogens (tertiary/aromatic N) is 1. The van der Waals surface area contributed by atoms with Crippen molar-refractivity contribution in [2.24, 2.45) is 5.84 Å². The molecule has 6 heteroatoms. The zero-order valence-electron chi connectivity index (χ0n) is 11.5. The third kappa shape index (κ3) is 2.97. The van der Waals surface area contributed by atoms with Crippen LogP contribution < -0.4 is 16.0 Å². The van der Waals surface area contributed by atoms with Gasteiger partial charge in [0.15, 0.2) is 5.76 Å². The zero-order chi connectivity index (χ0) is 14.5. The Kier molecular flexibility index (Phi) is 4.37. The van der Waals surface area contributed by atoms with Crippen LogP contribution in [0.4, 0.5) is 0 Å². The van der Waals surface area contributed by atoms with Crippen LogP contribution in [-0.2, 0) is 13.0 Å². The number of nitrogen functional groups attached to an aromatic ring is 1. The highest BCUT2D eigenvalue weighted by Crippen LogP contribution is 2.20. The first-order valence-electron chi connectivity index (χ1n) is 6.32. The van der Waals surface area contributed by atoms with Crippen molar-refractivity contribution in [1.29, 1.82) is 0 Å². The smallest absolute Gasteiger partial charge is 0.301 e. The number of nitrogens with one attached hydrogen (secondary N) is 1. The standard InChI is InChI=1S/C14H17N3O3/c1-3-11-12(5-4-9(2)16-11)20-8-10-6-7-19-13(10)14(18)17-15/h4-7H,3,8,15H2,1-2H3,(H,17,18). The molecule has 0 spiro atoms. The van der Waals surface area contributed by atoms with Gasteiger partial charge in [0.1, 0.15) is 12.4 Å². The number of carbonyl (C=O) groups excluding carboxylic acids is 1. The van der Waals surface area contributed by atoms with Crippen molar-refractivity contribution in [3.63, 3.8) is 0 Å². The molecule has 6 nitrogen and oxygen atoms in total. The molecule has 2 heterocycles. The van der Waals surface area contributed by atoms with Gasteiger partial charge in [-0.15, -0.1) is 0 Å². The normalized spacial score (nSPS) is 10.3. The summed E-state index contributed by atoms with van der Waals surface area (Å²) in [5, 5.41) is 0. The number of amides is 1. The van der Waals surface area contributed by atoms with Crippen LogP contribution in [-0.4, -0.2) is 10.9 Å². The first-order chi connectivity index (χ1) is 9.65. The van der Waals surface area contributed by atoms with Crippen LogP contribution in [0.5, 0.6) is 5.75 Å². The number of hydrogen-bond donors (Lipinski definition) is 2. The number of hydrazine groups is 1. The maximum absolute atomic E-state index is 11.5. The first-order valence-corrected chi connectivity index (χ1v) is 6.32. The van der Waals surface area contributed by atoms with E-state index in [1.165, 1.54) is 6.26 Å². The number of hydrogen-bond acceptors (Lipinski definition) is 5. The molecule has 0 radical (unpaired) electrons. The van der Waals surface area contributed by atoms with Gasteiger partial charge in [-0.3, -0.25) is 15.2 Å². The fourth-order valence-corrected chi connectivity index (χ4v) is 1.85. The molecule has 106 valence electrons. The lowest BCUT2D eigenvalue weighted by molar-refractivity contribution is 0.0922. The van der Waals surface area contributed by atoms with Crippen LogP contribution >= 0.6 is 0 Å². The van der Waals surface area contributed by atoms with Gasteiger partial charge >= 0.3 is 5.91 Å². The minimum Gasteiger partial charge on any atom is -0.487 e. The van der Waals surface area contributed by atoms with Gasteiger partial charge in [-0.2, -0.15) is 0 Å². The summed E-state index contributed by atoms with van der Waals surface area (Å²) in [7, 11) is 0. The van der Waals surface area contributed by atoms with Gasteiger partial charge in [0, 0.05) is 11.3 Å². The maximum atomic E-state index is 11.5. The van der Waals surface area contributed by atoms with E-state index in [2.05, 4.69) is 4.98 Å². The van der Waals surface area contributed by atoms with E-state index in [1.807, 2.05) is 31.4 Å². The number of furan rings is 1. The fourth-order valence-electron chi connectivity index (χ4n) is 1.85. The Hall–Kier alpha value is -2.34. The van der Waals surface area contributed by atoms with E-state index in [9.17, 15) is 4.79 Å². The van der Waals surface area contributed by atoms with Crippen molar-refractivity contribution < 1.29 is 13.9 Å². The zero-order valence-corrected chi connectivity index (χ0v) is 11.5. The molecule has 20 heavy (non-hydrogen) atoms. The molecule has 0 saturated carbocycles. The van der Waals surface area contributed by atoms with Crippen molar-refractivity contribution in [1.82, 2.24) is 10.4 Å². The van der Waals surface area contributed by atoms with Crippen molar-refractivity contribution in [2.75, 3.05) is 0 Å². The predicted molar refractivity (Wildman–Crippen MR) is 73.0 cm³/mol. The van der Waals surface area contributed by atoms with Crippen molar-refractivity contribution in [2.45, 2.75) is 26.9 Å². The van der Waals surface area contributed by atoms with E-state index in [4.69, 9.17) is 15.0 Å². The van der Waals surface area contributed by atoms with E-state index in [-0.39, 0.29) is 12.4 Å². The minimum absolute atomic E-state index is 0.158. The van der Waals surface area contributed by atoms with Gasteiger partial charge < -0.3 is 9.15 Å². The average Bonchev–Trinajstić information content (AvgIpc) is 2.93. The molecule has 0 aliphatic heterocycles. The molecule has 0 atom stereocenters. The van der Waals surface area contributed by atoms with Gasteiger partial charge in [-0.1, -0.05) is 6.92 Å². The lowest BCUT2D eigenvalue weighted by Gasteiger charge is -2.10. The SMILES string of the molecule is CCc1nc(C)ccc1OCc1ccoc1C(=O)NN. The largest absolute Gasteiger partial charge is 0.487 e. The molecule has 0 aliphatic carbocycles. The number of carbonyl (C=O) groups is 1. The third-order valence-electron chi connectivity index (χ3n) is 2.87. The summed E-state index contributed by atoms with van der Waals surface area (Å²) >= 11 is 0. The Morgan fingerprint density at radius 2 is 2.25 bits per heavy atom. The van der Waals surface area contributed by atoms with Gasteiger partial charge in [-0.25, -0.2) is 5.84 Å². The molecule has 0 saturated heterocycles. The van der Waals surface area contributed by atoms with Gasteiger partial charge in [0.25, 0.3) is 0 Å². The summed E-state index contributed by atoms with van der Waals surface area (Å²) in [5.41, 5.74) is 4.50. The Balaban J connectivity index is 2.13. The second-order valence-corrected chi connectivity index (χ2v) is 4.29. The molecular weight excluding hydrogens is 258 g/mol. The van der Waals surface area contributed by atoms with Crippen LogP contribution in [0, 0.1) is 6.92 Å². The van der Waals surface area contributed by atoms with E-state index < -0.39 is 5.91 Å². The van der Waals surface area contributed by atoms with Crippen LogP contribution in [0.25, 0.3) is 0 Å².